The number of rotatable bonds is 3. The van der Waals surface area contributed by atoms with Crippen LogP contribution >= 0.6 is 0 Å². The number of hydrogen-bond acceptors (Lipinski definition) is 6. The number of benzene rings is 3. The lowest BCUT2D eigenvalue weighted by Gasteiger charge is -2.32. The minimum absolute atomic E-state index is 0.0158. The van der Waals surface area contributed by atoms with E-state index in [9.17, 15) is 19.2 Å². The van der Waals surface area contributed by atoms with Crippen LogP contribution in [-0.4, -0.2) is 33.2 Å². The van der Waals surface area contributed by atoms with Gasteiger partial charge in [-0.25, -0.2) is 9.88 Å². The fraction of sp³-hybridized carbons (Fsp3) is 0.258. The molecule has 4 heterocycles. The molecule has 3 aliphatic rings. The number of aromatic nitrogens is 2. The molecular weight excluding hydrogens is 492 g/mol. The minimum Gasteiger partial charge on any atom is -0.296 e. The third-order valence-corrected chi connectivity index (χ3v) is 8.55. The second-order valence-corrected chi connectivity index (χ2v) is 11.0. The predicted octanol–water partition coefficient (Wildman–Crippen LogP) is 3.58. The summed E-state index contributed by atoms with van der Waals surface area (Å²) in [6, 6.07) is 20.9. The molecule has 1 N–H and O–H groups in total. The van der Waals surface area contributed by atoms with Crippen LogP contribution in [0.3, 0.4) is 0 Å². The van der Waals surface area contributed by atoms with Gasteiger partial charge < -0.3 is 0 Å². The molecule has 39 heavy (non-hydrogen) atoms. The summed E-state index contributed by atoms with van der Waals surface area (Å²) < 4.78 is 1.60. The topological polar surface area (TPSA) is 101 Å². The Morgan fingerprint density at radius 2 is 1.62 bits per heavy atom. The van der Waals surface area contributed by atoms with Crippen LogP contribution in [0.2, 0.25) is 0 Å². The molecule has 4 atom stereocenters. The smallest absolute Gasteiger partial charge is 0.266 e. The Morgan fingerprint density at radius 1 is 0.923 bits per heavy atom. The van der Waals surface area contributed by atoms with Crippen molar-refractivity contribution in [3.8, 4) is 5.69 Å². The molecule has 3 aliphatic heterocycles. The van der Waals surface area contributed by atoms with Crippen LogP contribution in [0.4, 0.5) is 5.69 Å². The molecule has 8 heteroatoms. The molecular formula is C31H26N4O4. The maximum atomic E-state index is 14.4. The molecule has 0 radical (unpaired) electrons. The summed E-state index contributed by atoms with van der Waals surface area (Å²) in [4.78, 5) is 60.4. The van der Waals surface area contributed by atoms with Crippen molar-refractivity contribution in [1.29, 1.82) is 0 Å². The van der Waals surface area contributed by atoms with Gasteiger partial charge in [0.05, 0.1) is 34.1 Å². The third-order valence-electron chi connectivity index (χ3n) is 8.55. The Morgan fingerprint density at radius 3 is 2.33 bits per heavy atom. The van der Waals surface area contributed by atoms with Gasteiger partial charge >= 0.3 is 0 Å². The zero-order valence-corrected chi connectivity index (χ0v) is 21.7. The highest BCUT2D eigenvalue weighted by Crippen LogP contribution is 2.56. The van der Waals surface area contributed by atoms with E-state index in [4.69, 9.17) is 4.98 Å². The first kappa shape index (κ1) is 23.7. The molecule has 1 spiro atoms. The first-order valence-electron chi connectivity index (χ1n) is 13.1. The van der Waals surface area contributed by atoms with Gasteiger partial charge in [-0.2, -0.15) is 0 Å². The van der Waals surface area contributed by atoms with Crippen LogP contribution < -0.4 is 15.8 Å². The van der Waals surface area contributed by atoms with E-state index in [0.29, 0.717) is 33.7 Å². The van der Waals surface area contributed by atoms with Gasteiger partial charge in [0.2, 0.25) is 11.8 Å². The van der Waals surface area contributed by atoms with E-state index < -0.39 is 17.4 Å². The largest absolute Gasteiger partial charge is 0.296 e. The number of fused-ring (bicyclic) bond motifs is 8. The fourth-order valence-corrected chi connectivity index (χ4v) is 6.82. The normalized spacial score (nSPS) is 25.0. The Hall–Kier alpha value is -4.43. The van der Waals surface area contributed by atoms with E-state index in [1.54, 1.807) is 41.0 Å². The van der Waals surface area contributed by atoms with Gasteiger partial charge in [-0.05, 0) is 55.3 Å². The van der Waals surface area contributed by atoms with Crippen LogP contribution in [-0.2, 0) is 15.1 Å². The molecule has 194 valence electrons. The maximum Gasteiger partial charge on any atom is 0.266 e. The van der Waals surface area contributed by atoms with Crippen molar-refractivity contribution < 1.29 is 14.4 Å². The van der Waals surface area contributed by atoms with Crippen LogP contribution in [0.1, 0.15) is 42.5 Å². The summed E-state index contributed by atoms with van der Waals surface area (Å²) in [5.74, 6) is -1.75. The van der Waals surface area contributed by atoms with Gasteiger partial charge in [-0.1, -0.05) is 44.2 Å². The highest BCUT2D eigenvalue weighted by Gasteiger charge is 2.70. The molecule has 2 saturated heterocycles. The van der Waals surface area contributed by atoms with Gasteiger partial charge in [-0.15, -0.1) is 0 Å². The van der Waals surface area contributed by atoms with Gasteiger partial charge in [-0.3, -0.25) is 29.1 Å². The summed E-state index contributed by atoms with van der Waals surface area (Å²) in [7, 11) is 0. The summed E-state index contributed by atoms with van der Waals surface area (Å²) in [5.41, 5.74) is 1.53. The number of anilines is 1. The molecule has 0 aliphatic carbocycles. The number of Topliss-reactive ketones (excluding diaryl/α,β-unsaturated/α-hetero) is 1. The molecule has 4 aromatic rings. The summed E-state index contributed by atoms with van der Waals surface area (Å²) >= 11 is 0. The predicted molar refractivity (Wildman–Crippen MR) is 146 cm³/mol. The van der Waals surface area contributed by atoms with Crippen molar-refractivity contribution >= 4 is 34.2 Å². The number of ketones is 1. The molecule has 3 aromatic carbocycles. The van der Waals surface area contributed by atoms with Crippen molar-refractivity contribution in [3.63, 3.8) is 0 Å². The lowest BCUT2D eigenvalue weighted by Crippen LogP contribution is -2.51. The van der Waals surface area contributed by atoms with Gasteiger partial charge in [0.25, 0.3) is 5.56 Å². The van der Waals surface area contributed by atoms with Gasteiger partial charge in [0, 0.05) is 17.2 Å². The van der Waals surface area contributed by atoms with Crippen LogP contribution in [0.15, 0.2) is 77.6 Å². The first-order valence-corrected chi connectivity index (χ1v) is 13.1. The van der Waals surface area contributed by atoms with E-state index in [1.165, 1.54) is 11.8 Å². The van der Waals surface area contributed by atoms with Crippen molar-refractivity contribution in [1.82, 2.24) is 14.9 Å². The Bertz CT molecular complexity index is 1790. The molecule has 2 amide bonds. The average Bonchev–Trinajstić information content (AvgIpc) is 3.52. The number of amides is 2. The van der Waals surface area contributed by atoms with Crippen molar-refractivity contribution in [3.05, 3.63) is 100 Å². The van der Waals surface area contributed by atoms with E-state index in [0.717, 1.165) is 5.56 Å². The highest BCUT2D eigenvalue weighted by atomic mass is 16.2. The first-order chi connectivity index (χ1) is 18.8. The Kier molecular flexibility index (Phi) is 4.88. The summed E-state index contributed by atoms with van der Waals surface area (Å²) in [6.45, 7) is 5.52. The van der Waals surface area contributed by atoms with E-state index >= 15 is 0 Å². The number of nitrogens with zero attached hydrogens (tertiary/aromatic N) is 3. The summed E-state index contributed by atoms with van der Waals surface area (Å²) in [6.07, 6.45) is 0. The quantitative estimate of drug-likeness (QED) is 0.329. The SMILES string of the molecule is CC(=O)c1ccc(N2C(=O)[C@@H]3[C@@H](C(C)C)N[C@@]4(c5ccccc5-n5c4nc4ccccc4c5=O)[C@H]3C2=O)cc1. The van der Waals surface area contributed by atoms with Crippen molar-refractivity contribution in [2.24, 2.45) is 17.8 Å². The van der Waals surface area contributed by atoms with Gasteiger partial charge in [0.1, 0.15) is 11.4 Å². The average molecular weight is 519 g/mol. The maximum absolute atomic E-state index is 14.4. The number of para-hydroxylation sites is 2. The molecule has 0 unspecified atom stereocenters. The van der Waals surface area contributed by atoms with Crippen molar-refractivity contribution in [2.45, 2.75) is 32.4 Å². The number of carbonyl (C=O) groups is 3. The Labute approximate surface area is 224 Å². The molecule has 2 fully saturated rings. The zero-order chi connectivity index (χ0) is 27.2. The van der Waals surface area contributed by atoms with Crippen LogP contribution in [0.25, 0.3) is 16.6 Å². The van der Waals surface area contributed by atoms with Crippen LogP contribution in [0.5, 0.6) is 0 Å². The van der Waals surface area contributed by atoms with E-state index in [2.05, 4.69) is 5.32 Å². The van der Waals surface area contributed by atoms with E-state index in [-0.39, 0.29) is 35.1 Å². The number of nitrogens with one attached hydrogen (secondary N) is 1. The summed E-state index contributed by atoms with van der Waals surface area (Å²) in [5, 5.41) is 4.18. The second kappa shape index (κ2) is 8.04. The lowest BCUT2D eigenvalue weighted by molar-refractivity contribution is -0.123. The Balaban J connectivity index is 1.49. The molecule has 7 rings (SSSR count). The molecule has 8 nitrogen and oxygen atoms in total. The highest BCUT2D eigenvalue weighted by molar-refractivity contribution is 6.23. The third kappa shape index (κ3) is 2.95. The number of hydrogen-bond donors (Lipinski definition) is 1. The zero-order valence-electron chi connectivity index (χ0n) is 21.7. The molecule has 0 saturated carbocycles. The van der Waals surface area contributed by atoms with Crippen LogP contribution in [0, 0.1) is 17.8 Å². The number of carbonyl (C=O) groups excluding carboxylic acids is 3. The lowest BCUT2D eigenvalue weighted by atomic mass is 9.75. The molecule has 0 bridgehead atoms. The number of imide groups is 1. The van der Waals surface area contributed by atoms with E-state index in [1.807, 2.05) is 50.2 Å². The van der Waals surface area contributed by atoms with Gasteiger partial charge in [0.15, 0.2) is 5.78 Å². The second-order valence-electron chi connectivity index (χ2n) is 11.0. The fourth-order valence-electron chi connectivity index (χ4n) is 6.82. The van der Waals surface area contributed by atoms with Crippen molar-refractivity contribution in [2.75, 3.05) is 4.90 Å². The molecule has 1 aromatic heterocycles. The minimum atomic E-state index is -1.17. The monoisotopic (exact) mass is 518 g/mol. The standard InChI is InChI=1S/C31H26N4O4/c1-16(2)26-24-25(29(39)34(28(24)38)19-14-12-18(13-15-19)17(3)36)31(33-26)21-9-5-7-11-23(21)35-27(37)20-8-4-6-10-22(20)32-30(31)35/h4-16,24-26,33H,1-3H3/t24-,25+,26+,31-/m0/s1.